The van der Waals surface area contributed by atoms with E-state index in [1.54, 1.807) is 25.3 Å². The molecule has 180 valence electrons. The Morgan fingerprint density at radius 2 is 1.89 bits per heavy atom. The van der Waals surface area contributed by atoms with Crippen molar-refractivity contribution in [1.82, 2.24) is 19.5 Å². The Kier molecular flexibility index (Phi) is 6.13. The van der Waals surface area contributed by atoms with E-state index in [-0.39, 0.29) is 41.0 Å². The molecule has 0 amide bonds. The number of hydrogen-bond acceptors (Lipinski definition) is 4. The van der Waals surface area contributed by atoms with E-state index in [1.165, 1.54) is 29.0 Å². The van der Waals surface area contributed by atoms with Crippen molar-refractivity contribution >= 4 is 11.2 Å². The van der Waals surface area contributed by atoms with Gasteiger partial charge in [0.2, 0.25) is 0 Å². The van der Waals surface area contributed by atoms with E-state index in [4.69, 9.17) is 0 Å². The Hall–Kier alpha value is -3.55. The Labute approximate surface area is 200 Å². The van der Waals surface area contributed by atoms with Gasteiger partial charge in [-0.1, -0.05) is 12.1 Å². The fourth-order valence-electron chi connectivity index (χ4n) is 5.29. The van der Waals surface area contributed by atoms with Gasteiger partial charge in [0.1, 0.15) is 11.3 Å². The molecule has 4 aromatic rings. The molecule has 0 unspecified atom stereocenters. The van der Waals surface area contributed by atoms with E-state index in [2.05, 4.69) is 15.0 Å². The highest BCUT2D eigenvalue weighted by atomic mass is 19.3. The van der Waals surface area contributed by atoms with Crippen LogP contribution < -0.4 is 5.56 Å². The average Bonchev–Trinajstić information content (AvgIpc) is 3.30. The van der Waals surface area contributed by atoms with Crippen LogP contribution in [0, 0.1) is 19.7 Å². The molecule has 0 bridgehead atoms. The summed E-state index contributed by atoms with van der Waals surface area (Å²) in [5.74, 6) is -0.304. The topological polar surface area (TPSA) is 60.7 Å². The van der Waals surface area contributed by atoms with E-state index in [9.17, 15) is 18.0 Å². The third-order valence-corrected chi connectivity index (χ3v) is 6.96. The van der Waals surface area contributed by atoms with Crippen LogP contribution in [0.4, 0.5) is 13.2 Å². The molecule has 0 spiro atoms. The van der Waals surface area contributed by atoms with Crippen LogP contribution in [0.2, 0.25) is 0 Å². The van der Waals surface area contributed by atoms with Crippen molar-refractivity contribution in [2.75, 3.05) is 0 Å². The predicted molar refractivity (Wildman–Crippen MR) is 127 cm³/mol. The molecule has 5 nitrogen and oxygen atoms in total. The molecule has 0 aliphatic heterocycles. The molecule has 1 aliphatic carbocycles. The van der Waals surface area contributed by atoms with Gasteiger partial charge >= 0.3 is 0 Å². The maximum Gasteiger partial charge on any atom is 0.265 e. The molecule has 1 fully saturated rings. The number of fused-ring (bicyclic) bond motifs is 1. The number of hydrogen-bond donors (Lipinski definition) is 0. The molecule has 8 heteroatoms. The Morgan fingerprint density at radius 3 is 2.66 bits per heavy atom. The van der Waals surface area contributed by atoms with Crippen molar-refractivity contribution in [2.45, 2.75) is 57.9 Å². The lowest BCUT2D eigenvalue weighted by Gasteiger charge is -2.17. The van der Waals surface area contributed by atoms with Crippen LogP contribution in [-0.4, -0.2) is 19.5 Å². The highest BCUT2D eigenvalue weighted by Gasteiger charge is 2.32. The van der Waals surface area contributed by atoms with Gasteiger partial charge in [-0.2, -0.15) is 0 Å². The minimum absolute atomic E-state index is 0.00933. The van der Waals surface area contributed by atoms with Crippen molar-refractivity contribution in [3.8, 4) is 0 Å². The van der Waals surface area contributed by atoms with Crippen LogP contribution in [0.25, 0.3) is 11.2 Å². The first-order chi connectivity index (χ1) is 16.8. The first-order valence-corrected chi connectivity index (χ1v) is 11.7. The fourth-order valence-corrected chi connectivity index (χ4v) is 5.29. The molecule has 0 saturated heterocycles. The van der Waals surface area contributed by atoms with Gasteiger partial charge in [0.25, 0.3) is 12.0 Å². The highest BCUT2D eigenvalue weighted by molar-refractivity contribution is 5.71. The van der Waals surface area contributed by atoms with Crippen LogP contribution in [0.1, 0.15) is 71.2 Å². The van der Waals surface area contributed by atoms with Crippen LogP contribution in [0.15, 0.2) is 53.6 Å². The zero-order valence-corrected chi connectivity index (χ0v) is 19.5. The summed E-state index contributed by atoms with van der Waals surface area (Å²) < 4.78 is 43.3. The van der Waals surface area contributed by atoms with Crippen molar-refractivity contribution in [1.29, 1.82) is 0 Å². The molecule has 3 heterocycles. The number of benzene rings is 1. The van der Waals surface area contributed by atoms with Gasteiger partial charge in [-0.05, 0) is 80.3 Å². The largest absolute Gasteiger partial charge is 0.285 e. The average molecular weight is 479 g/mol. The molecule has 0 N–H and O–H groups in total. The summed E-state index contributed by atoms with van der Waals surface area (Å²) in [5, 5.41) is 0. The summed E-state index contributed by atoms with van der Waals surface area (Å²) in [6.07, 6.45) is 2.47. The van der Waals surface area contributed by atoms with Gasteiger partial charge < -0.3 is 0 Å². The second-order valence-electron chi connectivity index (χ2n) is 9.23. The molecule has 0 radical (unpaired) electrons. The lowest BCUT2D eigenvalue weighted by Crippen LogP contribution is -2.27. The fraction of sp³-hybridized carbons (Fsp3) is 0.333. The molecule has 1 aliphatic rings. The van der Waals surface area contributed by atoms with E-state index < -0.39 is 6.43 Å². The summed E-state index contributed by atoms with van der Waals surface area (Å²) in [4.78, 5) is 26.8. The van der Waals surface area contributed by atoms with Crippen LogP contribution in [0.5, 0.6) is 0 Å². The third-order valence-electron chi connectivity index (χ3n) is 6.96. The second kappa shape index (κ2) is 9.24. The number of halogens is 3. The van der Waals surface area contributed by atoms with Crippen molar-refractivity contribution in [2.24, 2.45) is 0 Å². The zero-order chi connectivity index (χ0) is 24.7. The number of pyridine rings is 2. The number of aromatic nitrogens is 4. The Morgan fingerprint density at radius 1 is 1.09 bits per heavy atom. The van der Waals surface area contributed by atoms with Gasteiger partial charge in [-0.25, -0.2) is 18.2 Å². The van der Waals surface area contributed by atoms with Gasteiger partial charge in [-0.15, -0.1) is 0 Å². The van der Waals surface area contributed by atoms with E-state index in [0.717, 1.165) is 18.4 Å². The lowest BCUT2D eigenvalue weighted by atomic mass is 9.90. The van der Waals surface area contributed by atoms with Gasteiger partial charge in [0.05, 0.1) is 17.9 Å². The quantitative estimate of drug-likeness (QED) is 0.354. The molecular formula is C27H25F3N4O. The monoisotopic (exact) mass is 478 g/mol. The van der Waals surface area contributed by atoms with Crippen LogP contribution >= 0.6 is 0 Å². The Balaban J connectivity index is 1.59. The van der Waals surface area contributed by atoms with Gasteiger partial charge in [-0.3, -0.25) is 19.3 Å². The maximum absolute atomic E-state index is 14.6. The van der Waals surface area contributed by atoms with Crippen molar-refractivity contribution in [3.05, 3.63) is 98.6 Å². The van der Waals surface area contributed by atoms with E-state index >= 15 is 0 Å². The van der Waals surface area contributed by atoms with Crippen molar-refractivity contribution in [3.63, 3.8) is 0 Å². The van der Waals surface area contributed by atoms with Gasteiger partial charge in [0.15, 0.2) is 5.65 Å². The number of alkyl halides is 2. The second-order valence-corrected chi connectivity index (χ2v) is 9.23. The third kappa shape index (κ3) is 4.33. The minimum Gasteiger partial charge on any atom is -0.285 e. The van der Waals surface area contributed by atoms with Crippen LogP contribution in [0.3, 0.4) is 0 Å². The molecule has 2 atom stereocenters. The molecule has 1 saturated carbocycles. The summed E-state index contributed by atoms with van der Waals surface area (Å²) >= 11 is 0. The van der Waals surface area contributed by atoms with Crippen LogP contribution in [-0.2, 0) is 6.54 Å². The normalized spacial score (nSPS) is 18.0. The van der Waals surface area contributed by atoms with Gasteiger partial charge in [0, 0.05) is 23.5 Å². The maximum atomic E-state index is 14.6. The highest BCUT2D eigenvalue weighted by Crippen LogP contribution is 2.44. The smallest absolute Gasteiger partial charge is 0.265 e. The number of nitrogens with zero attached hydrogens (tertiary/aromatic N) is 4. The summed E-state index contributed by atoms with van der Waals surface area (Å²) in [6, 6.07) is 9.61. The first kappa shape index (κ1) is 23.2. The first-order valence-electron chi connectivity index (χ1n) is 11.7. The summed E-state index contributed by atoms with van der Waals surface area (Å²) in [7, 11) is 0. The lowest BCUT2D eigenvalue weighted by molar-refractivity contribution is 0.149. The predicted octanol–water partition coefficient (Wildman–Crippen LogP) is 5.98. The van der Waals surface area contributed by atoms with E-state index in [1.807, 2.05) is 13.0 Å². The summed E-state index contributed by atoms with van der Waals surface area (Å²) in [6.45, 7) is 3.53. The van der Waals surface area contributed by atoms with E-state index in [0.29, 0.717) is 34.4 Å². The molecule has 5 rings (SSSR count). The SMILES string of the molecule is Cc1cnc2cc([C@H]3CC[C@H](c4c(C)cccc4F)C3)c(=O)n(Cc3ncccc3C(F)F)c2n1. The minimum atomic E-state index is -2.71. The Bertz CT molecular complexity index is 1450. The standard InChI is InChI=1S/C27H25F3N4O/c1-15-5-3-7-21(28)24(15)18-9-8-17(11-18)20-12-22-26(33-16(2)13-32-22)34(27(20)35)14-23-19(25(29)30)6-4-10-31-23/h3-7,10,12-13,17-18,25H,8-9,11,14H2,1-2H3/t17-,18-/m0/s1. The number of rotatable bonds is 5. The molecule has 35 heavy (non-hydrogen) atoms. The molecule has 1 aromatic carbocycles. The summed E-state index contributed by atoms with van der Waals surface area (Å²) in [5.41, 5.74) is 3.26. The zero-order valence-electron chi connectivity index (χ0n) is 19.5. The number of aryl methyl sites for hydroxylation is 2. The molecule has 3 aromatic heterocycles. The molecular weight excluding hydrogens is 453 g/mol. The van der Waals surface area contributed by atoms with Crippen molar-refractivity contribution < 1.29 is 13.2 Å².